The van der Waals surface area contributed by atoms with Gasteiger partial charge in [-0.1, -0.05) is 0 Å². The van der Waals surface area contributed by atoms with Crippen LogP contribution in [0.5, 0.6) is 11.5 Å². The molecule has 0 bridgehead atoms. The van der Waals surface area contributed by atoms with Crippen molar-refractivity contribution in [1.82, 2.24) is 0 Å². The van der Waals surface area contributed by atoms with Gasteiger partial charge in [0.05, 0.1) is 25.6 Å². The zero-order valence-corrected chi connectivity index (χ0v) is 12.4. The van der Waals surface area contributed by atoms with Gasteiger partial charge in [-0.25, -0.2) is 0 Å². The number of carboxylic acids is 1. The zero-order valence-electron chi connectivity index (χ0n) is 12.4. The van der Waals surface area contributed by atoms with Crippen molar-refractivity contribution in [1.29, 1.82) is 0 Å². The number of hydrogen-bond acceptors (Lipinski definition) is 5. The van der Waals surface area contributed by atoms with E-state index in [1.54, 1.807) is 26.0 Å². The highest BCUT2D eigenvalue weighted by atomic mass is 16.5. The molecule has 2 N–H and O–H groups in total. The van der Waals surface area contributed by atoms with Gasteiger partial charge >= 0.3 is 5.97 Å². The minimum Gasteiger partial charge on any atom is -0.493 e. The number of carbonyl (C=O) groups is 2. The molecule has 1 aliphatic heterocycles. The zero-order chi connectivity index (χ0) is 15.8. The third-order valence-corrected chi connectivity index (χ3v) is 3.31. The summed E-state index contributed by atoms with van der Waals surface area (Å²) in [5, 5.41) is 12.1. The second-order valence-corrected chi connectivity index (χ2v) is 5.26. The molecular weight excluding hydrogens is 276 g/mol. The van der Waals surface area contributed by atoms with Gasteiger partial charge in [0.15, 0.2) is 11.5 Å². The predicted molar refractivity (Wildman–Crippen MR) is 77.2 cm³/mol. The van der Waals surface area contributed by atoms with Gasteiger partial charge in [-0.15, -0.1) is 0 Å². The lowest BCUT2D eigenvalue weighted by atomic mass is 9.97. The summed E-state index contributed by atoms with van der Waals surface area (Å²) in [4.78, 5) is 24.7. The fraction of sp³-hybridized carbons (Fsp3) is 0.429. The Hall–Kier alpha value is -2.44. The molecule has 1 amide bonds. The molecule has 1 aliphatic rings. The third-order valence-electron chi connectivity index (χ3n) is 3.31. The number of carbonyl (C=O) groups excluding carboxylic acids is 1. The van der Waals surface area contributed by atoms with Gasteiger partial charge in [0.25, 0.3) is 5.91 Å². The Bertz CT molecular complexity index is 597. The smallest absolute Gasteiger partial charge is 0.323 e. The second kappa shape index (κ2) is 5.16. The summed E-state index contributed by atoms with van der Waals surface area (Å²) in [5.74, 6) is -0.462. The molecule has 21 heavy (non-hydrogen) atoms. The fourth-order valence-electron chi connectivity index (χ4n) is 2.32. The minimum atomic E-state index is -1.08. The van der Waals surface area contributed by atoms with Crippen LogP contribution in [-0.4, -0.2) is 43.3 Å². The number of anilines is 2. The number of aliphatic carboxylic acids is 1. The third kappa shape index (κ3) is 2.58. The van der Waals surface area contributed by atoms with Gasteiger partial charge in [-0.05, 0) is 13.8 Å². The molecule has 0 saturated heterocycles. The molecule has 0 spiro atoms. The van der Waals surface area contributed by atoms with E-state index in [-0.39, 0.29) is 5.91 Å². The molecule has 0 atom stereocenters. The number of rotatable bonds is 4. The number of nitrogens with zero attached hydrogens (tertiary/aromatic N) is 1. The van der Waals surface area contributed by atoms with Gasteiger partial charge < -0.3 is 19.9 Å². The van der Waals surface area contributed by atoms with E-state index in [0.717, 1.165) is 0 Å². The number of amides is 1. The number of nitrogens with one attached hydrogen (secondary N) is 1. The number of methoxy groups -OCH3 is 2. The van der Waals surface area contributed by atoms with Crippen LogP contribution in [0.15, 0.2) is 12.1 Å². The minimum absolute atomic E-state index is 0.315. The standard InChI is InChI=1S/C14H18N2O5/c1-14(2)13(19)16(7-12(17)18)9-6-11(21-4)10(20-3)5-8(9)15-14/h5-6,15H,7H2,1-4H3,(H,17,18). The second-order valence-electron chi connectivity index (χ2n) is 5.26. The van der Waals surface area contributed by atoms with Crippen LogP contribution in [0.4, 0.5) is 11.4 Å². The summed E-state index contributed by atoms with van der Waals surface area (Å²) < 4.78 is 10.4. The summed E-state index contributed by atoms with van der Waals surface area (Å²) in [6.07, 6.45) is 0. The molecule has 7 nitrogen and oxygen atoms in total. The molecule has 1 aromatic carbocycles. The van der Waals surface area contributed by atoms with E-state index >= 15 is 0 Å². The van der Waals surface area contributed by atoms with E-state index in [0.29, 0.717) is 22.9 Å². The SMILES string of the molecule is COc1cc2c(cc1OC)N(CC(=O)O)C(=O)C(C)(C)N2. The quantitative estimate of drug-likeness (QED) is 0.871. The molecule has 0 unspecified atom stereocenters. The molecule has 0 aromatic heterocycles. The normalized spacial score (nSPS) is 16.0. The first-order valence-electron chi connectivity index (χ1n) is 6.38. The molecule has 0 radical (unpaired) electrons. The van der Waals surface area contributed by atoms with E-state index in [4.69, 9.17) is 14.6 Å². The van der Waals surface area contributed by atoms with Crippen LogP contribution in [0.3, 0.4) is 0 Å². The number of ether oxygens (including phenoxy) is 2. The molecule has 2 rings (SSSR count). The van der Waals surface area contributed by atoms with Crippen molar-refractivity contribution < 1.29 is 24.2 Å². The van der Waals surface area contributed by atoms with Crippen molar-refractivity contribution in [2.45, 2.75) is 19.4 Å². The molecule has 114 valence electrons. The largest absolute Gasteiger partial charge is 0.493 e. The summed E-state index contributed by atoms with van der Waals surface area (Å²) in [6, 6.07) is 3.29. The van der Waals surface area contributed by atoms with Gasteiger partial charge in [0.2, 0.25) is 0 Å². The van der Waals surface area contributed by atoms with E-state index in [9.17, 15) is 9.59 Å². The van der Waals surface area contributed by atoms with Gasteiger partial charge in [0.1, 0.15) is 12.1 Å². The van der Waals surface area contributed by atoms with E-state index < -0.39 is 18.1 Å². The van der Waals surface area contributed by atoms with Gasteiger partial charge in [0, 0.05) is 12.1 Å². The maximum absolute atomic E-state index is 12.4. The Kier molecular flexibility index (Phi) is 3.67. The van der Waals surface area contributed by atoms with Crippen LogP contribution < -0.4 is 19.7 Å². The lowest BCUT2D eigenvalue weighted by molar-refractivity contribution is -0.137. The number of benzene rings is 1. The molecular formula is C14H18N2O5. The summed E-state index contributed by atoms with van der Waals surface area (Å²) in [6.45, 7) is 2.99. The predicted octanol–water partition coefficient (Wildman–Crippen LogP) is 1.33. The Balaban J connectivity index is 2.59. The first-order valence-corrected chi connectivity index (χ1v) is 6.38. The highest BCUT2D eigenvalue weighted by molar-refractivity contribution is 6.09. The van der Waals surface area contributed by atoms with Gasteiger partial charge in [-0.3, -0.25) is 14.5 Å². The molecule has 0 aliphatic carbocycles. The summed E-state index contributed by atoms with van der Waals surface area (Å²) >= 11 is 0. The van der Waals surface area contributed by atoms with Crippen LogP contribution in [0.2, 0.25) is 0 Å². The van der Waals surface area contributed by atoms with Crippen molar-refractivity contribution in [2.75, 3.05) is 31.0 Å². The Morgan fingerprint density at radius 3 is 2.38 bits per heavy atom. The van der Waals surface area contributed by atoms with Crippen molar-refractivity contribution in [2.24, 2.45) is 0 Å². The van der Waals surface area contributed by atoms with Crippen LogP contribution in [0, 0.1) is 0 Å². The van der Waals surface area contributed by atoms with Crippen LogP contribution >= 0.6 is 0 Å². The highest BCUT2D eigenvalue weighted by Gasteiger charge is 2.40. The molecule has 0 saturated carbocycles. The Morgan fingerprint density at radius 1 is 1.29 bits per heavy atom. The monoisotopic (exact) mass is 294 g/mol. The van der Waals surface area contributed by atoms with Crippen LogP contribution in [-0.2, 0) is 9.59 Å². The Labute approximate surface area is 122 Å². The lowest BCUT2D eigenvalue weighted by Crippen LogP contribution is -2.55. The number of hydrogen-bond donors (Lipinski definition) is 2. The maximum Gasteiger partial charge on any atom is 0.323 e. The first-order chi connectivity index (χ1) is 9.80. The van der Waals surface area contributed by atoms with Crippen molar-refractivity contribution in [3.63, 3.8) is 0 Å². The van der Waals surface area contributed by atoms with E-state index in [1.165, 1.54) is 19.1 Å². The Morgan fingerprint density at radius 2 is 1.86 bits per heavy atom. The fourth-order valence-corrected chi connectivity index (χ4v) is 2.32. The molecule has 1 aromatic rings. The van der Waals surface area contributed by atoms with Gasteiger partial charge in [-0.2, -0.15) is 0 Å². The van der Waals surface area contributed by atoms with E-state index in [1.807, 2.05) is 0 Å². The highest BCUT2D eigenvalue weighted by Crippen LogP contribution is 2.42. The first kappa shape index (κ1) is 15.0. The number of carboxylic acid groups (broad SMARTS) is 1. The van der Waals surface area contributed by atoms with Crippen molar-refractivity contribution in [3.8, 4) is 11.5 Å². The average Bonchev–Trinajstić information content (AvgIpc) is 2.42. The summed E-state index contributed by atoms with van der Waals surface area (Å²) in [7, 11) is 2.99. The van der Waals surface area contributed by atoms with Crippen molar-refractivity contribution in [3.05, 3.63) is 12.1 Å². The molecule has 7 heteroatoms. The maximum atomic E-state index is 12.4. The van der Waals surface area contributed by atoms with Crippen LogP contribution in [0.25, 0.3) is 0 Å². The number of fused-ring (bicyclic) bond motifs is 1. The van der Waals surface area contributed by atoms with Crippen LogP contribution in [0.1, 0.15) is 13.8 Å². The molecule has 0 fully saturated rings. The molecule has 1 heterocycles. The topological polar surface area (TPSA) is 88.1 Å². The van der Waals surface area contributed by atoms with E-state index in [2.05, 4.69) is 5.32 Å². The van der Waals surface area contributed by atoms with Crippen molar-refractivity contribution >= 4 is 23.3 Å². The average molecular weight is 294 g/mol. The summed E-state index contributed by atoms with van der Waals surface area (Å²) in [5.41, 5.74) is 0.181. The lowest BCUT2D eigenvalue weighted by Gasteiger charge is -2.39.